The van der Waals surface area contributed by atoms with Gasteiger partial charge < -0.3 is 14.4 Å². The SMILES string of the molecule is Cn1cnc2cc(N3CCN(C(=O)c4cc(C(C)(C)C)[nH]n4)CC3)ccc2c1=O. The van der Waals surface area contributed by atoms with Crippen molar-refractivity contribution in [2.75, 3.05) is 31.1 Å². The maximum Gasteiger partial charge on any atom is 0.274 e. The van der Waals surface area contributed by atoms with E-state index >= 15 is 0 Å². The maximum atomic E-state index is 12.8. The van der Waals surface area contributed by atoms with Gasteiger partial charge in [-0.2, -0.15) is 5.10 Å². The Labute approximate surface area is 169 Å². The number of aromatic nitrogens is 4. The molecule has 1 N–H and O–H groups in total. The highest BCUT2D eigenvalue weighted by Crippen LogP contribution is 2.23. The summed E-state index contributed by atoms with van der Waals surface area (Å²) >= 11 is 0. The number of piperazine rings is 1. The van der Waals surface area contributed by atoms with Gasteiger partial charge in [0, 0.05) is 50.0 Å². The zero-order chi connectivity index (χ0) is 20.8. The highest BCUT2D eigenvalue weighted by atomic mass is 16.2. The molecule has 1 aliphatic rings. The molecular weight excluding hydrogens is 368 g/mol. The van der Waals surface area contributed by atoms with Crippen LogP contribution in [0.2, 0.25) is 0 Å². The van der Waals surface area contributed by atoms with Gasteiger partial charge in [-0.1, -0.05) is 20.8 Å². The molecule has 152 valence electrons. The number of fused-ring (bicyclic) bond motifs is 1. The summed E-state index contributed by atoms with van der Waals surface area (Å²) in [7, 11) is 1.70. The summed E-state index contributed by atoms with van der Waals surface area (Å²) in [6.07, 6.45) is 1.54. The van der Waals surface area contributed by atoms with Crippen molar-refractivity contribution >= 4 is 22.5 Å². The van der Waals surface area contributed by atoms with E-state index in [9.17, 15) is 9.59 Å². The number of anilines is 1. The molecule has 0 spiro atoms. The van der Waals surface area contributed by atoms with E-state index in [0.717, 1.165) is 24.5 Å². The zero-order valence-corrected chi connectivity index (χ0v) is 17.3. The molecule has 2 aromatic heterocycles. The van der Waals surface area contributed by atoms with Gasteiger partial charge >= 0.3 is 0 Å². The number of aryl methyl sites for hydroxylation is 1. The average molecular weight is 394 g/mol. The molecule has 4 rings (SSSR count). The minimum absolute atomic E-state index is 0.0416. The molecule has 8 heteroatoms. The number of nitrogens with one attached hydrogen (secondary N) is 1. The van der Waals surface area contributed by atoms with E-state index in [1.165, 1.54) is 4.57 Å². The van der Waals surface area contributed by atoms with Crippen LogP contribution in [0.1, 0.15) is 37.0 Å². The molecule has 8 nitrogen and oxygen atoms in total. The van der Waals surface area contributed by atoms with E-state index in [-0.39, 0.29) is 16.9 Å². The number of nitrogens with zero attached hydrogens (tertiary/aromatic N) is 5. The predicted octanol–water partition coefficient (Wildman–Crippen LogP) is 1.92. The van der Waals surface area contributed by atoms with Crippen LogP contribution >= 0.6 is 0 Å². The first-order valence-corrected chi connectivity index (χ1v) is 9.79. The molecule has 0 aliphatic carbocycles. The Morgan fingerprint density at radius 1 is 1.10 bits per heavy atom. The summed E-state index contributed by atoms with van der Waals surface area (Å²) in [5, 5.41) is 7.81. The van der Waals surface area contributed by atoms with E-state index in [1.807, 2.05) is 29.2 Å². The lowest BCUT2D eigenvalue weighted by atomic mass is 9.92. The number of aromatic amines is 1. The number of carbonyl (C=O) groups excluding carboxylic acids is 1. The first kappa shape index (κ1) is 19.2. The Balaban J connectivity index is 1.46. The fraction of sp³-hybridized carbons (Fsp3) is 0.429. The van der Waals surface area contributed by atoms with Crippen LogP contribution in [0.25, 0.3) is 10.9 Å². The molecule has 3 heterocycles. The van der Waals surface area contributed by atoms with E-state index in [1.54, 1.807) is 13.4 Å². The lowest BCUT2D eigenvalue weighted by Crippen LogP contribution is -2.48. The molecule has 1 fully saturated rings. The zero-order valence-electron chi connectivity index (χ0n) is 17.3. The Kier molecular flexibility index (Phi) is 4.64. The van der Waals surface area contributed by atoms with Gasteiger partial charge in [-0.3, -0.25) is 14.7 Å². The largest absolute Gasteiger partial charge is 0.368 e. The molecule has 1 aliphatic heterocycles. The molecule has 1 aromatic carbocycles. The molecule has 29 heavy (non-hydrogen) atoms. The molecule has 3 aromatic rings. The van der Waals surface area contributed by atoms with Gasteiger partial charge in [0.15, 0.2) is 0 Å². The van der Waals surface area contributed by atoms with Gasteiger partial charge in [0.25, 0.3) is 11.5 Å². The van der Waals surface area contributed by atoms with Gasteiger partial charge in [-0.25, -0.2) is 4.98 Å². The van der Waals surface area contributed by atoms with Crippen LogP contribution in [-0.2, 0) is 12.5 Å². The number of benzene rings is 1. The second kappa shape index (κ2) is 7.02. The van der Waals surface area contributed by atoms with E-state index < -0.39 is 0 Å². The Morgan fingerprint density at radius 2 is 1.83 bits per heavy atom. The normalized spacial score (nSPS) is 15.2. The third kappa shape index (κ3) is 3.62. The lowest BCUT2D eigenvalue weighted by Gasteiger charge is -2.35. The Morgan fingerprint density at radius 3 is 2.48 bits per heavy atom. The Bertz CT molecular complexity index is 1120. The maximum absolute atomic E-state index is 12.8. The van der Waals surface area contributed by atoms with Crippen molar-refractivity contribution in [2.45, 2.75) is 26.2 Å². The summed E-state index contributed by atoms with van der Waals surface area (Å²) in [6, 6.07) is 7.57. The molecular formula is C21H26N6O2. The van der Waals surface area contributed by atoms with Crippen LogP contribution in [0, 0.1) is 0 Å². The fourth-order valence-corrected chi connectivity index (χ4v) is 3.54. The summed E-state index contributed by atoms with van der Waals surface area (Å²) < 4.78 is 1.48. The van der Waals surface area contributed by atoms with Crippen molar-refractivity contribution in [1.82, 2.24) is 24.6 Å². The number of rotatable bonds is 2. The van der Waals surface area contributed by atoms with Crippen molar-refractivity contribution in [3.05, 3.63) is 52.3 Å². The lowest BCUT2D eigenvalue weighted by molar-refractivity contribution is 0.0741. The van der Waals surface area contributed by atoms with Gasteiger partial charge in [-0.15, -0.1) is 0 Å². The highest BCUT2D eigenvalue weighted by molar-refractivity contribution is 5.92. The van der Waals surface area contributed by atoms with Crippen molar-refractivity contribution in [2.24, 2.45) is 7.05 Å². The number of hydrogen-bond donors (Lipinski definition) is 1. The molecule has 1 amide bonds. The molecule has 0 radical (unpaired) electrons. The predicted molar refractivity (Wildman–Crippen MR) is 112 cm³/mol. The summed E-state index contributed by atoms with van der Waals surface area (Å²) in [4.78, 5) is 33.4. The smallest absolute Gasteiger partial charge is 0.274 e. The van der Waals surface area contributed by atoms with E-state index in [0.29, 0.717) is 29.7 Å². The number of carbonyl (C=O) groups is 1. The monoisotopic (exact) mass is 394 g/mol. The molecule has 1 saturated heterocycles. The van der Waals surface area contributed by atoms with Crippen molar-refractivity contribution in [3.8, 4) is 0 Å². The highest BCUT2D eigenvalue weighted by Gasteiger charge is 2.26. The number of H-pyrrole nitrogens is 1. The standard InChI is InChI=1S/C21H26N6O2/c1-21(2,3)18-12-17(23-24-18)20(29)27-9-7-26(8-10-27)14-5-6-15-16(11-14)22-13-25(4)19(15)28/h5-6,11-13H,7-10H2,1-4H3,(H,23,24). The van der Waals surface area contributed by atoms with Crippen LogP contribution in [0.3, 0.4) is 0 Å². The van der Waals surface area contributed by atoms with Gasteiger partial charge in [0.05, 0.1) is 17.2 Å². The van der Waals surface area contributed by atoms with Gasteiger partial charge in [0.1, 0.15) is 5.69 Å². The van der Waals surface area contributed by atoms with E-state index in [4.69, 9.17) is 0 Å². The van der Waals surface area contributed by atoms with Crippen molar-refractivity contribution < 1.29 is 4.79 Å². The first-order chi connectivity index (χ1) is 13.7. The van der Waals surface area contributed by atoms with Crippen LogP contribution in [0.15, 0.2) is 35.4 Å². The van der Waals surface area contributed by atoms with Gasteiger partial charge in [-0.05, 0) is 24.3 Å². The van der Waals surface area contributed by atoms with Gasteiger partial charge in [0.2, 0.25) is 0 Å². The second-order valence-electron chi connectivity index (χ2n) is 8.56. The minimum atomic E-state index is -0.0741. The first-order valence-electron chi connectivity index (χ1n) is 9.79. The number of hydrogen-bond acceptors (Lipinski definition) is 5. The van der Waals surface area contributed by atoms with Crippen LogP contribution in [0.5, 0.6) is 0 Å². The molecule has 0 unspecified atom stereocenters. The third-order valence-electron chi connectivity index (χ3n) is 5.44. The van der Waals surface area contributed by atoms with Crippen LogP contribution in [-0.4, -0.2) is 56.7 Å². The van der Waals surface area contributed by atoms with Crippen molar-refractivity contribution in [1.29, 1.82) is 0 Å². The fourth-order valence-electron chi connectivity index (χ4n) is 3.54. The Hall–Kier alpha value is -3.16. The average Bonchev–Trinajstić information content (AvgIpc) is 3.21. The molecule has 0 atom stereocenters. The number of amides is 1. The third-order valence-corrected chi connectivity index (χ3v) is 5.44. The molecule has 0 bridgehead atoms. The summed E-state index contributed by atoms with van der Waals surface area (Å²) in [5.74, 6) is -0.0416. The van der Waals surface area contributed by atoms with Crippen LogP contribution < -0.4 is 10.5 Å². The summed E-state index contributed by atoms with van der Waals surface area (Å²) in [6.45, 7) is 8.94. The quantitative estimate of drug-likeness (QED) is 0.718. The minimum Gasteiger partial charge on any atom is -0.368 e. The van der Waals surface area contributed by atoms with Crippen molar-refractivity contribution in [3.63, 3.8) is 0 Å². The van der Waals surface area contributed by atoms with Crippen LogP contribution in [0.4, 0.5) is 5.69 Å². The topological polar surface area (TPSA) is 87.1 Å². The molecule has 0 saturated carbocycles. The summed E-state index contributed by atoms with van der Waals surface area (Å²) in [5.41, 5.74) is 3.00. The second-order valence-corrected chi connectivity index (χ2v) is 8.56. The van der Waals surface area contributed by atoms with E-state index in [2.05, 4.69) is 40.9 Å².